The van der Waals surface area contributed by atoms with E-state index >= 15 is 0 Å². The van der Waals surface area contributed by atoms with Crippen LogP contribution in [0.25, 0.3) is 28.2 Å². The van der Waals surface area contributed by atoms with E-state index in [2.05, 4.69) is 5.10 Å². The molecule has 4 rings (SSSR count). The Labute approximate surface area is 172 Å². The number of nitrogens with zero attached hydrogens (tertiary/aromatic N) is 2. The Bertz CT molecular complexity index is 1280. The molecule has 1 aromatic heterocycles. The van der Waals surface area contributed by atoms with E-state index in [4.69, 9.17) is 16.7 Å². The van der Waals surface area contributed by atoms with Crippen molar-refractivity contribution in [2.45, 2.75) is 4.90 Å². The van der Waals surface area contributed by atoms with Crippen molar-refractivity contribution in [3.05, 3.63) is 89.7 Å². The Balaban J connectivity index is 1.89. The van der Waals surface area contributed by atoms with E-state index in [0.29, 0.717) is 27.7 Å². The molecule has 0 spiro atoms. The van der Waals surface area contributed by atoms with Gasteiger partial charge in [-0.05, 0) is 54.6 Å². The summed E-state index contributed by atoms with van der Waals surface area (Å²) in [6.07, 6.45) is 0. The quantitative estimate of drug-likeness (QED) is 0.515. The first-order valence-electron chi connectivity index (χ1n) is 8.57. The summed E-state index contributed by atoms with van der Waals surface area (Å²) in [4.78, 5) is -0.0150. The molecule has 0 saturated heterocycles. The SMILES string of the molecule is NS(=O)(=O)c1ccc(-n2nc(-c3ccc(Cl)cc3)cc2-c2ccccc2F)cc1. The Hall–Kier alpha value is -3.00. The molecule has 0 atom stereocenters. The maximum absolute atomic E-state index is 14.5. The number of hydrogen-bond acceptors (Lipinski definition) is 3. The van der Waals surface area contributed by atoms with Gasteiger partial charge in [0.15, 0.2) is 0 Å². The molecule has 0 aliphatic heterocycles. The first-order valence-corrected chi connectivity index (χ1v) is 10.5. The third-order valence-electron chi connectivity index (χ3n) is 4.41. The van der Waals surface area contributed by atoms with Gasteiger partial charge in [-0.15, -0.1) is 0 Å². The molecule has 0 bridgehead atoms. The maximum atomic E-state index is 14.5. The standard InChI is InChI=1S/C21H15ClFN3O2S/c22-15-7-5-14(6-8-15)20-13-21(18-3-1-2-4-19(18)23)26(25-20)16-9-11-17(12-10-16)29(24,27)28/h1-13H,(H2,24,27,28). The number of rotatable bonds is 4. The monoisotopic (exact) mass is 427 g/mol. The molecule has 29 heavy (non-hydrogen) atoms. The summed E-state index contributed by atoms with van der Waals surface area (Å²) in [7, 11) is -3.81. The minimum Gasteiger partial charge on any atom is -0.232 e. The van der Waals surface area contributed by atoms with E-state index in [1.54, 1.807) is 53.2 Å². The Morgan fingerprint density at radius 1 is 0.931 bits per heavy atom. The van der Waals surface area contributed by atoms with Crippen LogP contribution >= 0.6 is 11.6 Å². The van der Waals surface area contributed by atoms with E-state index in [-0.39, 0.29) is 4.90 Å². The summed E-state index contributed by atoms with van der Waals surface area (Å²) >= 11 is 5.97. The third kappa shape index (κ3) is 3.93. The van der Waals surface area contributed by atoms with Crippen LogP contribution < -0.4 is 5.14 Å². The van der Waals surface area contributed by atoms with Gasteiger partial charge in [-0.2, -0.15) is 5.10 Å². The number of sulfonamides is 1. The first-order chi connectivity index (χ1) is 13.8. The molecule has 0 saturated carbocycles. The van der Waals surface area contributed by atoms with E-state index in [1.807, 2.05) is 12.1 Å². The minimum atomic E-state index is -3.81. The second kappa shape index (κ2) is 7.44. The number of nitrogens with two attached hydrogens (primary N) is 1. The summed E-state index contributed by atoms with van der Waals surface area (Å²) < 4.78 is 39.1. The molecule has 0 aliphatic rings. The van der Waals surface area contributed by atoms with Crippen LogP contribution in [-0.4, -0.2) is 18.2 Å². The lowest BCUT2D eigenvalue weighted by molar-refractivity contribution is 0.598. The van der Waals surface area contributed by atoms with Crippen LogP contribution in [0.1, 0.15) is 0 Å². The normalized spacial score (nSPS) is 11.6. The highest BCUT2D eigenvalue weighted by molar-refractivity contribution is 7.89. The highest BCUT2D eigenvalue weighted by atomic mass is 35.5. The van der Waals surface area contributed by atoms with Crippen LogP contribution in [0.5, 0.6) is 0 Å². The zero-order valence-corrected chi connectivity index (χ0v) is 16.5. The van der Waals surface area contributed by atoms with Gasteiger partial charge in [0.1, 0.15) is 5.82 Å². The minimum absolute atomic E-state index is 0.0150. The van der Waals surface area contributed by atoms with E-state index in [0.717, 1.165) is 5.56 Å². The smallest absolute Gasteiger partial charge is 0.232 e. The third-order valence-corrected chi connectivity index (χ3v) is 5.59. The number of halogens is 2. The van der Waals surface area contributed by atoms with E-state index < -0.39 is 15.8 Å². The van der Waals surface area contributed by atoms with Crippen molar-refractivity contribution in [3.8, 4) is 28.2 Å². The molecule has 0 amide bonds. The predicted octanol–water partition coefficient (Wildman–Crippen LogP) is 4.65. The maximum Gasteiger partial charge on any atom is 0.238 e. The van der Waals surface area contributed by atoms with Gasteiger partial charge in [-0.25, -0.2) is 22.6 Å². The highest BCUT2D eigenvalue weighted by Crippen LogP contribution is 2.31. The van der Waals surface area contributed by atoms with Crippen molar-refractivity contribution in [3.63, 3.8) is 0 Å². The van der Waals surface area contributed by atoms with Crippen LogP contribution in [0.3, 0.4) is 0 Å². The zero-order chi connectivity index (χ0) is 20.6. The molecule has 146 valence electrons. The van der Waals surface area contributed by atoms with Crippen molar-refractivity contribution in [1.82, 2.24) is 9.78 Å². The van der Waals surface area contributed by atoms with Crippen LogP contribution in [0.4, 0.5) is 4.39 Å². The fourth-order valence-corrected chi connectivity index (χ4v) is 3.62. The lowest BCUT2D eigenvalue weighted by Gasteiger charge is -2.09. The zero-order valence-electron chi connectivity index (χ0n) is 15.0. The average molecular weight is 428 g/mol. The molecule has 4 aromatic rings. The van der Waals surface area contributed by atoms with Crippen molar-refractivity contribution in [2.24, 2.45) is 5.14 Å². The van der Waals surface area contributed by atoms with Gasteiger partial charge in [0.25, 0.3) is 0 Å². The summed E-state index contributed by atoms with van der Waals surface area (Å²) in [5, 5.41) is 10.4. The predicted molar refractivity (Wildman–Crippen MR) is 111 cm³/mol. The molecular weight excluding hydrogens is 413 g/mol. The van der Waals surface area contributed by atoms with Crippen molar-refractivity contribution in [2.75, 3.05) is 0 Å². The lowest BCUT2D eigenvalue weighted by atomic mass is 10.1. The van der Waals surface area contributed by atoms with Gasteiger partial charge in [0.2, 0.25) is 10.0 Å². The fourth-order valence-electron chi connectivity index (χ4n) is 2.98. The van der Waals surface area contributed by atoms with Crippen LogP contribution in [0, 0.1) is 5.82 Å². The average Bonchev–Trinajstić information content (AvgIpc) is 3.13. The molecule has 0 aliphatic carbocycles. The summed E-state index contributed by atoms with van der Waals surface area (Å²) in [6, 6.07) is 21.2. The Morgan fingerprint density at radius 2 is 1.59 bits per heavy atom. The lowest BCUT2D eigenvalue weighted by Crippen LogP contribution is -2.12. The molecule has 0 unspecified atom stereocenters. The molecule has 5 nitrogen and oxygen atoms in total. The summed E-state index contributed by atoms with van der Waals surface area (Å²) in [6.45, 7) is 0. The molecular formula is C21H15ClFN3O2S. The topological polar surface area (TPSA) is 78.0 Å². The van der Waals surface area contributed by atoms with Gasteiger partial charge in [0.05, 0.1) is 22.0 Å². The number of aromatic nitrogens is 2. The fraction of sp³-hybridized carbons (Fsp3) is 0. The second-order valence-corrected chi connectivity index (χ2v) is 8.35. The summed E-state index contributed by atoms with van der Waals surface area (Å²) in [5.74, 6) is -0.391. The molecule has 8 heteroatoms. The van der Waals surface area contributed by atoms with Gasteiger partial charge in [-0.1, -0.05) is 35.9 Å². The van der Waals surface area contributed by atoms with Crippen molar-refractivity contribution < 1.29 is 12.8 Å². The molecule has 0 fully saturated rings. The summed E-state index contributed by atoms with van der Waals surface area (Å²) in [5.41, 5.74) is 2.89. The van der Waals surface area contributed by atoms with Crippen LogP contribution in [0.2, 0.25) is 5.02 Å². The Morgan fingerprint density at radius 3 is 2.21 bits per heavy atom. The van der Waals surface area contributed by atoms with Gasteiger partial charge in [0, 0.05) is 16.1 Å². The van der Waals surface area contributed by atoms with Gasteiger partial charge < -0.3 is 0 Å². The molecule has 2 N–H and O–H groups in total. The van der Waals surface area contributed by atoms with Crippen molar-refractivity contribution in [1.29, 1.82) is 0 Å². The molecule has 0 radical (unpaired) electrons. The largest absolute Gasteiger partial charge is 0.238 e. The van der Waals surface area contributed by atoms with Crippen LogP contribution in [-0.2, 0) is 10.0 Å². The molecule has 3 aromatic carbocycles. The highest BCUT2D eigenvalue weighted by Gasteiger charge is 2.16. The van der Waals surface area contributed by atoms with E-state index in [1.165, 1.54) is 18.2 Å². The molecule has 1 heterocycles. The van der Waals surface area contributed by atoms with Gasteiger partial charge in [-0.3, -0.25) is 0 Å². The second-order valence-electron chi connectivity index (χ2n) is 6.35. The number of primary sulfonamides is 1. The Kier molecular flexibility index (Phi) is 4.96. The van der Waals surface area contributed by atoms with Crippen LogP contribution in [0.15, 0.2) is 83.8 Å². The first kappa shape index (κ1) is 19.3. The van der Waals surface area contributed by atoms with Crippen molar-refractivity contribution >= 4 is 21.6 Å². The number of hydrogen-bond donors (Lipinski definition) is 1. The van der Waals surface area contributed by atoms with Gasteiger partial charge >= 0.3 is 0 Å². The van der Waals surface area contributed by atoms with E-state index in [9.17, 15) is 12.8 Å². The number of benzene rings is 3.